The number of benzene rings is 1. The van der Waals surface area contributed by atoms with Gasteiger partial charge in [0.1, 0.15) is 5.82 Å². The molecule has 23 heavy (non-hydrogen) atoms. The highest BCUT2D eigenvalue weighted by Crippen LogP contribution is 2.33. The van der Waals surface area contributed by atoms with Gasteiger partial charge in [0.25, 0.3) is 0 Å². The van der Waals surface area contributed by atoms with Gasteiger partial charge in [0, 0.05) is 24.5 Å². The van der Waals surface area contributed by atoms with Crippen LogP contribution in [0.4, 0.5) is 10.1 Å². The van der Waals surface area contributed by atoms with Gasteiger partial charge in [-0.15, -0.1) is 0 Å². The minimum Gasteiger partial charge on any atom is -0.349 e. The fourth-order valence-corrected chi connectivity index (χ4v) is 2.72. The number of hydrogen-bond donors (Lipinski definition) is 2. The molecule has 118 valence electrons. The molecule has 0 saturated heterocycles. The van der Waals surface area contributed by atoms with Crippen molar-refractivity contribution in [1.29, 1.82) is 0 Å². The number of rotatable bonds is 3. The summed E-state index contributed by atoms with van der Waals surface area (Å²) in [5.74, 6) is -1.62. The van der Waals surface area contributed by atoms with Crippen LogP contribution in [0.5, 0.6) is 0 Å². The Labute approximate surface area is 132 Å². The number of aromatic nitrogens is 1. The third kappa shape index (κ3) is 3.21. The van der Waals surface area contributed by atoms with E-state index in [0.717, 1.165) is 5.56 Å². The van der Waals surface area contributed by atoms with E-state index in [1.54, 1.807) is 18.5 Å². The first-order valence-corrected chi connectivity index (χ1v) is 7.34. The topological polar surface area (TPSA) is 71.1 Å². The van der Waals surface area contributed by atoms with Gasteiger partial charge in [-0.25, -0.2) is 4.39 Å². The van der Waals surface area contributed by atoms with Crippen LogP contribution in [0.2, 0.25) is 0 Å². The zero-order valence-corrected chi connectivity index (χ0v) is 12.5. The normalized spacial score (nSPS) is 17.8. The number of hydrogen-bond acceptors (Lipinski definition) is 3. The summed E-state index contributed by atoms with van der Waals surface area (Å²) in [6, 6.07) is 7.51. The molecule has 0 unspecified atom stereocenters. The maximum Gasteiger partial charge on any atom is 0.228 e. The average Bonchev–Trinajstić information content (AvgIpc) is 2.54. The van der Waals surface area contributed by atoms with Crippen LogP contribution in [0.3, 0.4) is 0 Å². The summed E-state index contributed by atoms with van der Waals surface area (Å²) in [4.78, 5) is 28.3. The van der Waals surface area contributed by atoms with Gasteiger partial charge in [-0.3, -0.25) is 14.6 Å². The van der Waals surface area contributed by atoms with Crippen molar-refractivity contribution in [3.05, 3.63) is 59.7 Å². The van der Waals surface area contributed by atoms with Crippen molar-refractivity contribution in [3.63, 3.8) is 0 Å². The minimum absolute atomic E-state index is 0.0491. The van der Waals surface area contributed by atoms with E-state index in [0.29, 0.717) is 11.3 Å². The number of carbonyl (C=O) groups excluding carboxylic acids is 2. The first-order valence-electron chi connectivity index (χ1n) is 7.34. The lowest BCUT2D eigenvalue weighted by molar-refractivity contribution is -0.126. The maximum atomic E-state index is 13.3. The standard InChI is InChI=1S/C17H16FN3O2/c1-10(11-4-6-19-7-5-11)20-17(23)14-9-16(22)21-15-8-12(18)2-3-13(14)15/h2-8,10,14H,9H2,1H3,(H,20,23)(H,21,22)/t10-,14+/m0/s1. The highest BCUT2D eigenvalue weighted by Gasteiger charge is 2.31. The summed E-state index contributed by atoms with van der Waals surface area (Å²) in [5, 5.41) is 5.50. The number of amides is 2. The zero-order valence-electron chi connectivity index (χ0n) is 12.5. The van der Waals surface area contributed by atoms with Crippen molar-refractivity contribution in [2.75, 3.05) is 5.32 Å². The van der Waals surface area contributed by atoms with Crippen LogP contribution < -0.4 is 10.6 Å². The molecule has 1 aliphatic heterocycles. The number of pyridine rings is 1. The van der Waals surface area contributed by atoms with Gasteiger partial charge in [0.2, 0.25) is 11.8 Å². The second-order valence-electron chi connectivity index (χ2n) is 5.55. The molecule has 5 nitrogen and oxygen atoms in total. The van der Waals surface area contributed by atoms with E-state index in [2.05, 4.69) is 15.6 Å². The minimum atomic E-state index is -0.622. The lowest BCUT2D eigenvalue weighted by Crippen LogP contribution is -2.36. The molecule has 3 rings (SSSR count). The van der Waals surface area contributed by atoms with Crippen LogP contribution >= 0.6 is 0 Å². The summed E-state index contributed by atoms with van der Waals surface area (Å²) in [7, 11) is 0. The molecule has 0 bridgehead atoms. The Balaban J connectivity index is 1.81. The molecule has 6 heteroatoms. The van der Waals surface area contributed by atoms with Crippen LogP contribution in [-0.4, -0.2) is 16.8 Å². The van der Waals surface area contributed by atoms with Gasteiger partial charge in [-0.1, -0.05) is 6.07 Å². The number of anilines is 1. The van der Waals surface area contributed by atoms with Crippen molar-refractivity contribution in [2.24, 2.45) is 0 Å². The lowest BCUT2D eigenvalue weighted by atomic mass is 9.89. The van der Waals surface area contributed by atoms with E-state index in [4.69, 9.17) is 0 Å². The van der Waals surface area contributed by atoms with Crippen LogP contribution in [0, 0.1) is 5.82 Å². The Bertz CT molecular complexity index is 749. The third-order valence-electron chi connectivity index (χ3n) is 3.94. The largest absolute Gasteiger partial charge is 0.349 e. The number of nitrogens with one attached hydrogen (secondary N) is 2. The Hall–Kier alpha value is -2.76. The van der Waals surface area contributed by atoms with E-state index in [1.807, 2.05) is 19.1 Å². The van der Waals surface area contributed by atoms with Crippen molar-refractivity contribution >= 4 is 17.5 Å². The quantitative estimate of drug-likeness (QED) is 0.914. The van der Waals surface area contributed by atoms with Crippen LogP contribution in [0.25, 0.3) is 0 Å². The monoisotopic (exact) mass is 313 g/mol. The van der Waals surface area contributed by atoms with Crippen molar-refractivity contribution in [3.8, 4) is 0 Å². The number of carbonyl (C=O) groups is 2. The summed E-state index contributed by atoms with van der Waals surface area (Å²) >= 11 is 0. The Kier molecular flexibility index (Phi) is 4.06. The summed E-state index contributed by atoms with van der Waals surface area (Å²) in [6.07, 6.45) is 3.36. The van der Waals surface area contributed by atoms with Gasteiger partial charge in [0.05, 0.1) is 12.0 Å². The molecule has 2 atom stereocenters. The molecule has 2 aromatic rings. The zero-order chi connectivity index (χ0) is 16.4. The van der Waals surface area contributed by atoms with E-state index in [-0.39, 0.29) is 24.3 Å². The Morgan fingerprint density at radius 2 is 2.09 bits per heavy atom. The fourth-order valence-electron chi connectivity index (χ4n) is 2.72. The first kappa shape index (κ1) is 15.1. The predicted octanol–water partition coefficient (Wildman–Crippen LogP) is 2.52. The van der Waals surface area contributed by atoms with Crippen LogP contribution in [0.1, 0.15) is 36.4 Å². The molecule has 0 spiro atoms. The average molecular weight is 313 g/mol. The molecule has 2 N–H and O–H groups in total. The summed E-state index contributed by atoms with van der Waals surface area (Å²) in [6.45, 7) is 1.86. The number of nitrogens with zero attached hydrogens (tertiary/aromatic N) is 1. The third-order valence-corrected chi connectivity index (χ3v) is 3.94. The molecule has 1 aromatic heterocycles. The smallest absolute Gasteiger partial charge is 0.228 e. The van der Waals surface area contributed by atoms with Crippen molar-refractivity contribution in [1.82, 2.24) is 10.3 Å². The SMILES string of the molecule is C[C@H](NC(=O)[C@@H]1CC(=O)Nc2cc(F)ccc21)c1ccncc1. The molecular weight excluding hydrogens is 297 g/mol. The van der Waals surface area contributed by atoms with E-state index in [9.17, 15) is 14.0 Å². The van der Waals surface area contributed by atoms with Crippen molar-refractivity contribution < 1.29 is 14.0 Å². The lowest BCUT2D eigenvalue weighted by Gasteiger charge is -2.26. The van der Waals surface area contributed by atoms with E-state index in [1.165, 1.54) is 12.1 Å². The van der Waals surface area contributed by atoms with E-state index < -0.39 is 11.7 Å². The predicted molar refractivity (Wildman–Crippen MR) is 83.2 cm³/mol. The van der Waals surface area contributed by atoms with Crippen LogP contribution in [0.15, 0.2) is 42.7 Å². The number of fused-ring (bicyclic) bond motifs is 1. The van der Waals surface area contributed by atoms with Gasteiger partial charge in [0.15, 0.2) is 0 Å². The summed E-state index contributed by atoms with van der Waals surface area (Å²) in [5.41, 5.74) is 1.91. The molecule has 0 radical (unpaired) electrons. The van der Waals surface area contributed by atoms with Crippen molar-refractivity contribution in [2.45, 2.75) is 25.3 Å². The van der Waals surface area contributed by atoms with Gasteiger partial charge in [-0.05, 0) is 42.3 Å². The molecule has 1 aliphatic rings. The molecule has 1 aromatic carbocycles. The van der Waals surface area contributed by atoms with E-state index >= 15 is 0 Å². The van der Waals surface area contributed by atoms with Gasteiger partial charge < -0.3 is 10.6 Å². The molecule has 0 aliphatic carbocycles. The number of halogens is 1. The Morgan fingerprint density at radius 1 is 1.35 bits per heavy atom. The molecule has 2 amide bonds. The first-order chi connectivity index (χ1) is 11.0. The van der Waals surface area contributed by atoms with Gasteiger partial charge in [-0.2, -0.15) is 0 Å². The molecule has 0 fully saturated rings. The molecular formula is C17H16FN3O2. The second-order valence-corrected chi connectivity index (χ2v) is 5.55. The van der Waals surface area contributed by atoms with Crippen LogP contribution in [-0.2, 0) is 9.59 Å². The second kappa shape index (κ2) is 6.16. The van der Waals surface area contributed by atoms with Gasteiger partial charge >= 0.3 is 0 Å². The highest BCUT2D eigenvalue weighted by atomic mass is 19.1. The highest BCUT2D eigenvalue weighted by molar-refractivity contribution is 6.01. The maximum absolute atomic E-state index is 13.3. The molecule has 2 heterocycles. The fraction of sp³-hybridized carbons (Fsp3) is 0.235. The Morgan fingerprint density at radius 3 is 2.83 bits per heavy atom. The molecule has 0 saturated carbocycles. The summed E-state index contributed by atoms with van der Waals surface area (Å²) < 4.78 is 13.3.